The largest absolute Gasteiger partial charge is 0.465 e. The van der Waals surface area contributed by atoms with Gasteiger partial charge in [-0.1, -0.05) is 51.1 Å². The van der Waals surface area contributed by atoms with E-state index < -0.39 is 82.7 Å². The third-order valence-corrected chi connectivity index (χ3v) is 10.1. The van der Waals surface area contributed by atoms with Gasteiger partial charge in [0.2, 0.25) is 0 Å². The van der Waals surface area contributed by atoms with Gasteiger partial charge in [-0.2, -0.15) is 0 Å². The summed E-state index contributed by atoms with van der Waals surface area (Å²) in [5.41, 5.74) is -2.56. The van der Waals surface area contributed by atoms with Gasteiger partial charge in [0.25, 0.3) is 0 Å². The number of aliphatic hydroxyl groups excluding tert-OH is 1. The van der Waals surface area contributed by atoms with E-state index in [0.29, 0.717) is 5.57 Å². The number of ketones is 1. The number of epoxide rings is 1. The van der Waals surface area contributed by atoms with Gasteiger partial charge in [0.05, 0.1) is 25.0 Å². The maximum atomic E-state index is 14.5. The van der Waals surface area contributed by atoms with Crippen LogP contribution < -0.4 is 0 Å². The van der Waals surface area contributed by atoms with Crippen molar-refractivity contribution in [1.82, 2.24) is 0 Å². The quantitative estimate of drug-likeness (QED) is 0.206. The molecule has 0 bridgehead atoms. The molecule has 11 nitrogen and oxygen atoms in total. The third-order valence-electron chi connectivity index (χ3n) is 10.1. The highest BCUT2D eigenvalue weighted by atomic mass is 16.7. The number of esters is 4. The number of benzene rings is 1. The molecule has 3 aliphatic carbocycles. The second-order valence-corrected chi connectivity index (χ2v) is 13.5. The van der Waals surface area contributed by atoms with E-state index in [1.54, 1.807) is 51.1 Å². The van der Waals surface area contributed by atoms with Crippen LogP contribution in [0.3, 0.4) is 0 Å². The molecular formula is C34H42O11. The molecule has 0 radical (unpaired) electrons. The number of carbonyl (C=O) groups excluding carboxylic acids is 5. The Morgan fingerprint density at radius 2 is 1.60 bits per heavy atom. The summed E-state index contributed by atoms with van der Waals surface area (Å²) in [5, 5.41) is 12.1. The number of carbonyl (C=O) groups is 5. The lowest BCUT2D eigenvalue weighted by Gasteiger charge is -2.28. The molecule has 5 rings (SSSR count). The standard InChI is InChI=1S/C34H42O11/c1-17-14-34-31(43-22(6)37)18(2)15-33(34,45-34)30(40)19(3)29(42-21(5)36)26-25(32(26,7)16-41-20(4)35)27(39)28(17)44-24(38)13-23-11-9-8-10-12-23/h8-12,14,18-19,25-29,31,39H,13,15-16H2,1-7H3. The van der Waals surface area contributed by atoms with Crippen LogP contribution in [0.5, 0.6) is 0 Å². The van der Waals surface area contributed by atoms with Crippen LogP contribution in [-0.4, -0.2) is 77.0 Å². The van der Waals surface area contributed by atoms with E-state index in [0.717, 1.165) is 5.56 Å². The molecule has 1 aromatic rings. The summed E-state index contributed by atoms with van der Waals surface area (Å²) in [5.74, 6) is -5.11. The Labute approximate surface area is 262 Å². The molecule has 2 saturated carbocycles. The van der Waals surface area contributed by atoms with E-state index in [1.165, 1.54) is 20.8 Å². The monoisotopic (exact) mass is 626 g/mol. The van der Waals surface area contributed by atoms with Gasteiger partial charge in [-0.25, -0.2) is 0 Å². The first-order valence-corrected chi connectivity index (χ1v) is 15.4. The average molecular weight is 627 g/mol. The van der Waals surface area contributed by atoms with Crippen molar-refractivity contribution in [3.05, 3.63) is 47.5 Å². The van der Waals surface area contributed by atoms with Crippen molar-refractivity contribution in [3.8, 4) is 0 Å². The second-order valence-electron chi connectivity index (χ2n) is 13.5. The first-order valence-electron chi connectivity index (χ1n) is 15.4. The smallest absolute Gasteiger partial charge is 0.310 e. The van der Waals surface area contributed by atoms with Gasteiger partial charge in [0.15, 0.2) is 17.0 Å². The van der Waals surface area contributed by atoms with Crippen molar-refractivity contribution in [3.63, 3.8) is 0 Å². The maximum Gasteiger partial charge on any atom is 0.310 e. The van der Waals surface area contributed by atoms with Gasteiger partial charge in [-0.15, -0.1) is 0 Å². The molecule has 0 amide bonds. The summed E-state index contributed by atoms with van der Waals surface area (Å²) in [7, 11) is 0. The lowest BCUT2D eigenvalue weighted by molar-refractivity contribution is -0.155. The van der Waals surface area contributed by atoms with E-state index in [-0.39, 0.29) is 31.1 Å². The number of rotatable bonds is 7. The van der Waals surface area contributed by atoms with E-state index >= 15 is 0 Å². The van der Waals surface area contributed by atoms with Gasteiger partial charge in [-0.05, 0) is 36.5 Å². The number of hydrogen-bond donors (Lipinski definition) is 1. The molecule has 1 N–H and O–H groups in total. The molecule has 244 valence electrons. The molecule has 3 fully saturated rings. The Morgan fingerprint density at radius 1 is 0.956 bits per heavy atom. The molecule has 11 unspecified atom stereocenters. The van der Waals surface area contributed by atoms with Crippen molar-refractivity contribution in [2.24, 2.45) is 29.1 Å². The van der Waals surface area contributed by atoms with Crippen LogP contribution >= 0.6 is 0 Å². The van der Waals surface area contributed by atoms with Crippen molar-refractivity contribution in [2.75, 3.05) is 6.61 Å². The molecule has 11 heteroatoms. The van der Waals surface area contributed by atoms with Crippen LogP contribution in [0.15, 0.2) is 42.0 Å². The molecule has 45 heavy (non-hydrogen) atoms. The molecule has 1 aromatic carbocycles. The van der Waals surface area contributed by atoms with Crippen LogP contribution in [-0.2, 0) is 54.1 Å². The summed E-state index contributed by atoms with van der Waals surface area (Å²) in [6.45, 7) is 10.7. The minimum Gasteiger partial charge on any atom is -0.465 e. The molecular weight excluding hydrogens is 584 g/mol. The van der Waals surface area contributed by atoms with Gasteiger partial charge in [0, 0.05) is 38.0 Å². The average Bonchev–Trinajstić information content (AvgIpc) is 3.78. The summed E-state index contributed by atoms with van der Waals surface area (Å²) in [6.07, 6.45) is -2.56. The van der Waals surface area contributed by atoms with Gasteiger partial charge in [0.1, 0.15) is 18.3 Å². The van der Waals surface area contributed by atoms with Crippen LogP contribution in [0.4, 0.5) is 0 Å². The van der Waals surface area contributed by atoms with Crippen molar-refractivity contribution in [1.29, 1.82) is 0 Å². The molecule has 1 saturated heterocycles. The molecule has 0 spiro atoms. The van der Waals surface area contributed by atoms with Gasteiger partial charge < -0.3 is 28.8 Å². The third kappa shape index (κ3) is 5.58. The van der Waals surface area contributed by atoms with Crippen LogP contribution in [0, 0.1) is 29.1 Å². The fraction of sp³-hybridized carbons (Fsp3) is 0.618. The van der Waals surface area contributed by atoms with Crippen molar-refractivity contribution < 1.29 is 52.8 Å². The van der Waals surface area contributed by atoms with Gasteiger partial charge in [-0.3, -0.25) is 24.0 Å². The predicted molar refractivity (Wildman–Crippen MR) is 157 cm³/mol. The number of fused-ring (bicyclic) bond motifs is 1. The highest BCUT2D eigenvalue weighted by molar-refractivity contribution is 5.96. The van der Waals surface area contributed by atoms with Gasteiger partial charge >= 0.3 is 23.9 Å². The highest BCUT2D eigenvalue weighted by Crippen LogP contribution is 2.68. The fourth-order valence-electron chi connectivity index (χ4n) is 8.14. The van der Waals surface area contributed by atoms with E-state index in [9.17, 15) is 29.1 Å². The Kier molecular flexibility index (Phi) is 8.50. The Bertz CT molecular complexity index is 1420. The fourth-order valence-corrected chi connectivity index (χ4v) is 8.14. The van der Waals surface area contributed by atoms with E-state index in [1.807, 2.05) is 13.0 Å². The molecule has 4 aliphatic rings. The van der Waals surface area contributed by atoms with E-state index in [4.69, 9.17) is 23.7 Å². The van der Waals surface area contributed by atoms with Crippen LogP contribution in [0.25, 0.3) is 0 Å². The SMILES string of the molecule is CC(=O)OCC1(C)C2C(O)C(OC(=O)Cc3ccccc3)C(C)=CC34OC3(CC(C)C4OC(C)=O)C(=O)C(C)C(OC(C)=O)C21. The topological polar surface area (TPSA) is 155 Å². The summed E-state index contributed by atoms with van der Waals surface area (Å²) in [4.78, 5) is 64.3. The molecule has 0 aromatic heterocycles. The summed E-state index contributed by atoms with van der Waals surface area (Å²) in [6, 6.07) is 9.01. The first kappa shape index (κ1) is 32.8. The maximum absolute atomic E-state index is 14.5. The summed E-state index contributed by atoms with van der Waals surface area (Å²) >= 11 is 0. The highest BCUT2D eigenvalue weighted by Gasteiger charge is 2.84. The second kappa shape index (κ2) is 11.7. The number of Topliss-reactive ketones (excluding diaryl/α,β-unsaturated/α-hetero) is 1. The Morgan fingerprint density at radius 3 is 2.20 bits per heavy atom. The molecule has 1 aliphatic heterocycles. The molecule has 1 heterocycles. The van der Waals surface area contributed by atoms with Crippen LogP contribution in [0.1, 0.15) is 60.5 Å². The number of aliphatic hydroxyl groups is 1. The number of ether oxygens (including phenoxy) is 5. The Hall–Kier alpha value is -3.57. The lowest BCUT2D eigenvalue weighted by Crippen LogP contribution is -2.43. The van der Waals surface area contributed by atoms with Crippen molar-refractivity contribution in [2.45, 2.75) is 96.9 Å². The van der Waals surface area contributed by atoms with E-state index in [2.05, 4.69) is 0 Å². The Balaban J connectivity index is 1.62. The minimum absolute atomic E-state index is 0.0551. The zero-order chi connectivity index (χ0) is 33.1. The number of hydrogen-bond acceptors (Lipinski definition) is 11. The normalized spacial score (nSPS) is 39.9. The van der Waals surface area contributed by atoms with Crippen molar-refractivity contribution >= 4 is 29.7 Å². The zero-order valence-corrected chi connectivity index (χ0v) is 26.7. The predicted octanol–water partition coefficient (Wildman–Crippen LogP) is 2.89. The molecule has 11 atom stereocenters. The lowest BCUT2D eigenvalue weighted by atomic mass is 9.80. The minimum atomic E-state index is -1.39. The van der Waals surface area contributed by atoms with Crippen LogP contribution in [0.2, 0.25) is 0 Å². The zero-order valence-electron chi connectivity index (χ0n) is 26.7. The summed E-state index contributed by atoms with van der Waals surface area (Å²) < 4.78 is 29.3. The first-order chi connectivity index (χ1) is 21.1.